The summed E-state index contributed by atoms with van der Waals surface area (Å²) in [6.45, 7) is 1.79. The molecule has 2 rings (SSSR count). The monoisotopic (exact) mass is 247 g/mol. The fourth-order valence-electron chi connectivity index (χ4n) is 1.56. The van der Waals surface area contributed by atoms with Crippen LogP contribution in [0.2, 0.25) is 0 Å². The minimum absolute atomic E-state index is 0.0873. The first kappa shape index (κ1) is 12.2. The summed E-state index contributed by atoms with van der Waals surface area (Å²) in [6.07, 6.45) is 0. The normalized spacial score (nSPS) is 10.2. The van der Waals surface area contributed by atoms with E-state index in [1.165, 1.54) is 30.3 Å². The van der Waals surface area contributed by atoms with Gasteiger partial charge < -0.3 is 5.32 Å². The average molecular weight is 247 g/mol. The topological polar surface area (TPSA) is 29.1 Å². The molecule has 1 amide bonds. The number of aryl methyl sites for hydroxylation is 1. The number of nitrogens with one attached hydrogen (secondary N) is 1. The summed E-state index contributed by atoms with van der Waals surface area (Å²) in [6, 6.07) is 9.63. The molecule has 2 aromatic carbocycles. The number of anilines is 1. The maximum absolute atomic E-state index is 13.4. The SMILES string of the molecule is Cc1ccc(F)c(NC(=O)c2cccc(F)c2)c1. The zero-order valence-corrected chi connectivity index (χ0v) is 9.71. The summed E-state index contributed by atoms with van der Waals surface area (Å²) in [4.78, 5) is 11.8. The lowest BCUT2D eigenvalue weighted by Crippen LogP contribution is -2.13. The lowest BCUT2D eigenvalue weighted by molar-refractivity contribution is 0.102. The van der Waals surface area contributed by atoms with Gasteiger partial charge >= 0.3 is 0 Å². The third kappa shape index (κ3) is 2.71. The van der Waals surface area contributed by atoms with Gasteiger partial charge in [-0.3, -0.25) is 4.79 Å². The predicted octanol–water partition coefficient (Wildman–Crippen LogP) is 3.53. The molecule has 0 atom stereocenters. The molecular weight excluding hydrogens is 236 g/mol. The maximum Gasteiger partial charge on any atom is 0.255 e. The zero-order chi connectivity index (χ0) is 13.1. The van der Waals surface area contributed by atoms with Crippen molar-refractivity contribution in [2.75, 3.05) is 5.32 Å². The Balaban J connectivity index is 2.24. The lowest BCUT2D eigenvalue weighted by Gasteiger charge is -2.07. The van der Waals surface area contributed by atoms with Crippen LogP contribution in [0.5, 0.6) is 0 Å². The summed E-state index contributed by atoms with van der Waals surface area (Å²) < 4.78 is 26.4. The van der Waals surface area contributed by atoms with Crippen molar-refractivity contribution in [1.29, 1.82) is 0 Å². The number of carbonyl (C=O) groups is 1. The summed E-state index contributed by atoms with van der Waals surface area (Å²) in [5, 5.41) is 2.41. The van der Waals surface area contributed by atoms with Crippen LogP contribution in [0.1, 0.15) is 15.9 Å². The average Bonchev–Trinajstić information content (AvgIpc) is 2.34. The Bertz CT molecular complexity index is 596. The first-order valence-electron chi connectivity index (χ1n) is 5.39. The largest absolute Gasteiger partial charge is 0.319 e. The number of benzene rings is 2. The molecule has 0 bridgehead atoms. The van der Waals surface area contributed by atoms with Crippen LogP contribution in [0.4, 0.5) is 14.5 Å². The van der Waals surface area contributed by atoms with E-state index >= 15 is 0 Å². The molecule has 0 aliphatic rings. The molecule has 0 aliphatic heterocycles. The van der Waals surface area contributed by atoms with E-state index in [-0.39, 0.29) is 11.3 Å². The zero-order valence-electron chi connectivity index (χ0n) is 9.71. The summed E-state index contributed by atoms with van der Waals surface area (Å²) in [5.74, 6) is -1.57. The smallest absolute Gasteiger partial charge is 0.255 e. The Kier molecular flexibility index (Phi) is 3.37. The number of hydrogen-bond acceptors (Lipinski definition) is 1. The summed E-state index contributed by atoms with van der Waals surface area (Å²) in [5.41, 5.74) is 1.06. The molecule has 0 saturated carbocycles. The van der Waals surface area contributed by atoms with E-state index in [0.717, 1.165) is 11.6 Å². The van der Waals surface area contributed by atoms with Crippen LogP contribution in [0.25, 0.3) is 0 Å². The molecule has 0 radical (unpaired) electrons. The van der Waals surface area contributed by atoms with Gasteiger partial charge in [0.2, 0.25) is 0 Å². The van der Waals surface area contributed by atoms with E-state index in [4.69, 9.17) is 0 Å². The van der Waals surface area contributed by atoms with E-state index in [9.17, 15) is 13.6 Å². The van der Waals surface area contributed by atoms with Crippen LogP contribution >= 0.6 is 0 Å². The highest BCUT2D eigenvalue weighted by Crippen LogP contribution is 2.17. The van der Waals surface area contributed by atoms with Crippen molar-refractivity contribution >= 4 is 11.6 Å². The molecule has 0 saturated heterocycles. The highest BCUT2D eigenvalue weighted by Gasteiger charge is 2.09. The van der Waals surface area contributed by atoms with Gasteiger partial charge in [0.25, 0.3) is 5.91 Å². The second kappa shape index (κ2) is 4.96. The molecule has 18 heavy (non-hydrogen) atoms. The molecule has 0 heterocycles. The molecular formula is C14H11F2NO. The van der Waals surface area contributed by atoms with Gasteiger partial charge in [0.1, 0.15) is 11.6 Å². The quantitative estimate of drug-likeness (QED) is 0.864. The molecule has 92 valence electrons. The van der Waals surface area contributed by atoms with Crippen molar-refractivity contribution in [2.45, 2.75) is 6.92 Å². The number of carbonyl (C=O) groups excluding carboxylic acids is 1. The molecule has 0 aromatic heterocycles. The van der Waals surface area contributed by atoms with Gasteiger partial charge in [-0.1, -0.05) is 12.1 Å². The van der Waals surface area contributed by atoms with E-state index in [0.29, 0.717) is 0 Å². The van der Waals surface area contributed by atoms with E-state index in [1.54, 1.807) is 13.0 Å². The Labute approximate surface area is 103 Å². The molecule has 0 unspecified atom stereocenters. The van der Waals surface area contributed by atoms with Crippen molar-refractivity contribution in [3.05, 3.63) is 65.2 Å². The van der Waals surface area contributed by atoms with E-state index < -0.39 is 17.5 Å². The number of halogens is 2. The van der Waals surface area contributed by atoms with Gasteiger partial charge in [-0.15, -0.1) is 0 Å². The minimum Gasteiger partial charge on any atom is -0.319 e. The lowest BCUT2D eigenvalue weighted by atomic mass is 10.2. The van der Waals surface area contributed by atoms with Crippen LogP contribution in [0, 0.1) is 18.6 Å². The maximum atomic E-state index is 13.4. The molecule has 4 heteroatoms. The first-order valence-corrected chi connectivity index (χ1v) is 5.39. The Hall–Kier alpha value is -2.23. The van der Waals surface area contributed by atoms with Gasteiger partial charge in [-0.2, -0.15) is 0 Å². The highest BCUT2D eigenvalue weighted by atomic mass is 19.1. The van der Waals surface area contributed by atoms with Crippen molar-refractivity contribution in [2.24, 2.45) is 0 Å². The van der Waals surface area contributed by atoms with Crippen LogP contribution in [0.3, 0.4) is 0 Å². The number of hydrogen-bond donors (Lipinski definition) is 1. The minimum atomic E-state index is -0.543. The van der Waals surface area contributed by atoms with E-state index in [1.807, 2.05) is 0 Å². The second-order valence-electron chi connectivity index (χ2n) is 3.95. The van der Waals surface area contributed by atoms with Crippen molar-refractivity contribution in [3.63, 3.8) is 0 Å². The Morgan fingerprint density at radius 3 is 2.61 bits per heavy atom. The van der Waals surface area contributed by atoms with Crippen LogP contribution in [0.15, 0.2) is 42.5 Å². The van der Waals surface area contributed by atoms with E-state index in [2.05, 4.69) is 5.32 Å². The molecule has 2 nitrogen and oxygen atoms in total. The fraction of sp³-hybridized carbons (Fsp3) is 0.0714. The molecule has 1 N–H and O–H groups in total. The van der Waals surface area contributed by atoms with Gasteiger partial charge in [0.05, 0.1) is 5.69 Å². The molecule has 0 spiro atoms. The van der Waals surface area contributed by atoms with Crippen molar-refractivity contribution < 1.29 is 13.6 Å². The number of rotatable bonds is 2. The van der Waals surface area contributed by atoms with Gasteiger partial charge in [0, 0.05) is 5.56 Å². The molecule has 0 aliphatic carbocycles. The van der Waals surface area contributed by atoms with Gasteiger partial charge in [-0.25, -0.2) is 8.78 Å². The molecule has 2 aromatic rings. The standard InChI is InChI=1S/C14H11F2NO/c1-9-5-6-12(16)13(7-9)17-14(18)10-3-2-4-11(15)8-10/h2-8H,1H3,(H,17,18). The fourth-order valence-corrected chi connectivity index (χ4v) is 1.56. The summed E-state index contributed by atoms with van der Waals surface area (Å²) >= 11 is 0. The first-order chi connectivity index (χ1) is 8.56. The van der Waals surface area contributed by atoms with Gasteiger partial charge in [0.15, 0.2) is 0 Å². The van der Waals surface area contributed by atoms with Gasteiger partial charge in [-0.05, 0) is 42.8 Å². The predicted molar refractivity (Wildman–Crippen MR) is 65.5 cm³/mol. The second-order valence-corrected chi connectivity index (χ2v) is 3.95. The van der Waals surface area contributed by atoms with Crippen LogP contribution in [-0.4, -0.2) is 5.91 Å². The van der Waals surface area contributed by atoms with Crippen molar-refractivity contribution in [3.8, 4) is 0 Å². The van der Waals surface area contributed by atoms with Crippen LogP contribution in [-0.2, 0) is 0 Å². The highest BCUT2D eigenvalue weighted by molar-refractivity contribution is 6.04. The Morgan fingerprint density at radius 1 is 1.11 bits per heavy atom. The third-order valence-electron chi connectivity index (χ3n) is 2.46. The Morgan fingerprint density at radius 2 is 1.89 bits per heavy atom. The molecule has 0 fully saturated rings. The van der Waals surface area contributed by atoms with Crippen LogP contribution < -0.4 is 5.32 Å². The third-order valence-corrected chi connectivity index (χ3v) is 2.46. The number of amides is 1. The van der Waals surface area contributed by atoms with Crippen molar-refractivity contribution in [1.82, 2.24) is 0 Å². The summed E-state index contributed by atoms with van der Waals surface area (Å²) in [7, 11) is 0.